The van der Waals surface area contributed by atoms with E-state index in [1.165, 1.54) is 0 Å². The summed E-state index contributed by atoms with van der Waals surface area (Å²) in [4.78, 5) is 3.79. The summed E-state index contributed by atoms with van der Waals surface area (Å²) in [6.07, 6.45) is 0. The molecule has 0 fully saturated rings. The van der Waals surface area contributed by atoms with Crippen LogP contribution in [0.1, 0.15) is 6.92 Å². The van der Waals surface area contributed by atoms with E-state index >= 15 is 0 Å². The zero-order valence-electron chi connectivity index (χ0n) is 3.14. The molecule has 0 heterocycles. The molecule has 0 aliphatic heterocycles. The summed E-state index contributed by atoms with van der Waals surface area (Å²) in [7, 11) is 0. The minimum atomic E-state index is 0.882. The molecule has 0 aliphatic rings. The summed E-state index contributed by atoms with van der Waals surface area (Å²) in [5, 5.41) is 1.68. The number of rotatable bonds is 1. The molecule has 2 heteroatoms. The van der Waals surface area contributed by atoms with Gasteiger partial charge in [0.05, 0.1) is 0 Å². The van der Waals surface area contributed by atoms with E-state index in [4.69, 9.17) is 0 Å². The van der Waals surface area contributed by atoms with E-state index in [0.717, 1.165) is 6.54 Å². The normalized spacial score (nSPS) is 9.80. The second-order valence-electron chi connectivity index (χ2n) is 0.604. The molecule has 0 aromatic heterocycles. The van der Waals surface area contributed by atoms with Crippen molar-refractivity contribution in [3.63, 3.8) is 0 Å². The minimum absolute atomic E-state index is 0.882. The third-order valence-corrected chi connectivity index (χ3v) is 0.570. The average Bonchev–Trinajstić information content (AvgIpc) is 1.41. The molecule has 0 aromatic rings. The molecule has 0 saturated heterocycles. The first kappa shape index (κ1) is 5.19. The van der Waals surface area contributed by atoms with Gasteiger partial charge < -0.3 is 0 Å². The number of aliphatic imine (C=N–C) groups is 1. The topological polar surface area (TPSA) is 12.4 Å². The molecule has 0 amide bonds. The molecule has 0 aromatic carbocycles. The summed E-state index contributed by atoms with van der Waals surface area (Å²) < 4.78 is 0. The molecule has 0 N–H and O–H groups in total. The van der Waals surface area contributed by atoms with Crippen LogP contribution in [0.2, 0.25) is 0 Å². The van der Waals surface area contributed by atoms with E-state index in [-0.39, 0.29) is 0 Å². The van der Waals surface area contributed by atoms with Crippen LogP contribution < -0.4 is 0 Å². The van der Waals surface area contributed by atoms with Crippen molar-refractivity contribution in [1.82, 2.24) is 0 Å². The van der Waals surface area contributed by atoms with Crippen molar-refractivity contribution in [3.05, 3.63) is 0 Å². The SMILES string of the molecule is CCN=C[Se]. The Morgan fingerprint density at radius 2 is 2.60 bits per heavy atom. The molecule has 0 saturated carbocycles. The van der Waals surface area contributed by atoms with Crippen LogP contribution in [0.3, 0.4) is 0 Å². The zero-order valence-corrected chi connectivity index (χ0v) is 4.85. The number of hydrogen-bond donors (Lipinski definition) is 0. The molecule has 0 rings (SSSR count). The van der Waals surface area contributed by atoms with E-state index < -0.39 is 0 Å². The first-order chi connectivity index (χ1) is 2.41. The average molecular weight is 135 g/mol. The van der Waals surface area contributed by atoms with Crippen molar-refractivity contribution in [2.24, 2.45) is 4.99 Å². The van der Waals surface area contributed by atoms with Gasteiger partial charge in [0.15, 0.2) is 0 Å². The van der Waals surface area contributed by atoms with E-state index in [0.29, 0.717) is 0 Å². The molecule has 1 nitrogen and oxygen atoms in total. The quantitative estimate of drug-likeness (QED) is 0.360. The monoisotopic (exact) mass is 136 g/mol. The van der Waals surface area contributed by atoms with Gasteiger partial charge in [-0.3, -0.25) is 0 Å². The summed E-state index contributed by atoms with van der Waals surface area (Å²) in [5.41, 5.74) is 0. The fourth-order valence-electron chi connectivity index (χ4n) is 0.0745. The second-order valence-corrected chi connectivity index (χ2v) is 1.05. The third kappa shape index (κ3) is 4.19. The third-order valence-electron chi connectivity index (χ3n) is 0.257. The Hall–Kier alpha value is 0.189. The van der Waals surface area contributed by atoms with Crippen molar-refractivity contribution in [2.45, 2.75) is 6.92 Å². The van der Waals surface area contributed by atoms with E-state index in [2.05, 4.69) is 21.0 Å². The van der Waals surface area contributed by atoms with Gasteiger partial charge >= 0.3 is 39.6 Å². The fraction of sp³-hybridized carbons (Fsp3) is 0.667. The molecule has 0 unspecified atom stereocenters. The molecule has 0 spiro atoms. The summed E-state index contributed by atoms with van der Waals surface area (Å²) in [6.45, 7) is 2.88. The predicted octanol–water partition coefficient (Wildman–Crippen LogP) is 0.203. The van der Waals surface area contributed by atoms with Gasteiger partial charge in [0.1, 0.15) is 0 Å². The molecule has 5 heavy (non-hydrogen) atoms. The standard InChI is InChI=1S/C3H6NSe/c1-2-4-3-5/h3H,2H2,1H3. The van der Waals surface area contributed by atoms with Crippen LogP contribution in [0.25, 0.3) is 0 Å². The van der Waals surface area contributed by atoms with E-state index in [1.807, 2.05) is 6.92 Å². The first-order valence-corrected chi connectivity index (χ1v) is 2.51. The second kappa shape index (κ2) is 4.19. The van der Waals surface area contributed by atoms with Crippen molar-refractivity contribution in [3.8, 4) is 0 Å². The van der Waals surface area contributed by atoms with Gasteiger partial charge in [-0.15, -0.1) is 0 Å². The molecule has 1 radical (unpaired) electrons. The van der Waals surface area contributed by atoms with Gasteiger partial charge in [-0.2, -0.15) is 0 Å². The number of nitrogens with zero attached hydrogens (tertiary/aromatic N) is 1. The van der Waals surface area contributed by atoms with E-state index in [1.54, 1.807) is 5.11 Å². The Morgan fingerprint density at radius 3 is 2.60 bits per heavy atom. The van der Waals surface area contributed by atoms with Crippen LogP contribution in [0.15, 0.2) is 4.99 Å². The van der Waals surface area contributed by atoms with Gasteiger partial charge in [0.25, 0.3) is 0 Å². The Balaban J connectivity index is 2.62. The van der Waals surface area contributed by atoms with Crippen LogP contribution in [-0.4, -0.2) is 27.7 Å². The maximum atomic E-state index is 3.79. The molecular formula is C3H6NSe. The summed E-state index contributed by atoms with van der Waals surface area (Å²) in [6, 6.07) is 0. The van der Waals surface area contributed by atoms with Crippen LogP contribution in [-0.2, 0) is 0 Å². The summed E-state index contributed by atoms with van der Waals surface area (Å²) in [5.74, 6) is 0. The van der Waals surface area contributed by atoms with E-state index in [9.17, 15) is 0 Å². The van der Waals surface area contributed by atoms with Gasteiger partial charge in [0.2, 0.25) is 0 Å². The van der Waals surface area contributed by atoms with Gasteiger partial charge in [0, 0.05) is 0 Å². The van der Waals surface area contributed by atoms with Crippen LogP contribution in [0.5, 0.6) is 0 Å². The number of hydrogen-bond acceptors (Lipinski definition) is 1. The Morgan fingerprint density at radius 1 is 2.00 bits per heavy atom. The van der Waals surface area contributed by atoms with Crippen LogP contribution in [0.4, 0.5) is 0 Å². The molecule has 0 atom stereocenters. The van der Waals surface area contributed by atoms with Gasteiger partial charge in [-0.05, 0) is 0 Å². The van der Waals surface area contributed by atoms with Crippen LogP contribution >= 0.6 is 0 Å². The van der Waals surface area contributed by atoms with Crippen molar-refractivity contribution in [2.75, 3.05) is 6.54 Å². The maximum absolute atomic E-state index is 3.79. The Kier molecular flexibility index (Phi) is 4.35. The van der Waals surface area contributed by atoms with Gasteiger partial charge in [-0.1, -0.05) is 0 Å². The fourth-order valence-corrected chi connectivity index (χ4v) is 0.387. The Labute approximate surface area is 40.3 Å². The first-order valence-electron chi connectivity index (χ1n) is 1.52. The summed E-state index contributed by atoms with van der Waals surface area (Å²) >= 11 is 2.65. The molecule has 29 valence electrons. The van der Waals surface area contributed by atoms with Crippen molar-refractivity contribution < 1.29 is 0 Å². The van der Waals surface area contributed by atoms with Crippen molar-refractivity contribution >= 4 is 21.1 Å². The van der Waals surface area contributed by atoms with Gasteiger partial charge in [-0.25, -0.2) is 0 Å². The molecule has 0 bridgehead atoms. The van der Waals surface area contributed by atoms with Crippen LogP contribution in [0, 0.1) is 0 Å². The predicted molar refractivity (Wildman–Crippen MR) is 24.8 cm³/mol. The Bertz CT molecular complexity index is 33.9. The van der Waals surface area contributed by atoms with Crippen molar-refractivity contribution in [1.29, 1.82) is 0 Å². The molecular weight excluding hydrogens is 129 g/mol. The zero-order chi connectivity index (χ0) is 4.12. The molecule has 0 aliphatic carbocycles.